The number of aliphatic imine (C=N–C) groups is 3. The van der Waals surface area contributed by atoms with Gasteiger partial charge in [0.2, 0.25) is 18.2 Å². The summed E-state index contributed by atoms with van der Waals surface area (Å²) in [5, 5.41) is 0. The van der Waals surface area contributed by atoms with E-state index in [9.17, 15) is 28.8 Å². The average molecular weight is 625 g/mol. The highest BCUT2D eigenvalue weighted by atomic mass is 16.2. The lowest BCUT2D eigenvalue weighted by molar-refractivity contribution is 0.183. The molecule has 12 nitrogen and oxygen atoms in total. The van der Waals surface area contributed by atoms with E-state index >= 15 is 0 Å². The van der Waals surface area contributed by atoms with Crippen molar-refractivity contribution in [3.63, 3.8) is 0 Å². The molecule has 4 rings (SSSR count). The van der Waals surface area contributed by atoms with Crippen molar-refractivity contribution in [1.29, 1.82) is 0 Å². The molecule has 0 N–H and O–H groups in total. The molecule has 0 bridgehead atoms. The Bertz CT molecular complexity index is 1390. The molecule has 45 heavy (non-hydrogen) atoms. The van der Waals surface area contributed by atoms with E-state index in [4.69, 9.17) is 0 Å². The molecule has 3 aliphatic carbocycles. The second-order valence-corrected chi connectivity index (χ2v) is 13.3. The minimum absolute atomic E-state index is 0.0370. The van der Waals surface area contributed by atoms with Gasteiger partial charge in [-0.05, 0) is 108 Å². The molecule has 1 aromatic rings. The maximum absolute atomic E-state index is 14.3. The van der Waals surface area contributed by atoms with Crippen molar-refractivity contribution in [3.05, 3.63) is 31.5 Å². The highest BCUT2D eigenvalue weighted by molar-refractivity contribution is 5.34. The largest absolute Gasteiger partial charge is 0.336 e. The third-order valence-corrected chi connectivity index (χ3v) is 11.0. The lowest BCUT2D eigenvalue weighted by Crippen LogP contribution is -2.58. The predicted molar refractivity (Wildman–Crippen MR) is 169 cm³/mol. The first-order valence-corrected chi connectivity index (χ1v) is 17.0. The number of hydrogen-bond donors (Lipinski definition) is 0. The monoisotopic (exact) mass is 624 g/mol. The molecule has 5 unspecified atom stereocenters. The van der Waals surface area contributed by atoms with Crippen LogP contribution in [-0.4, -0.2) is 50.1 Å². The van der Waals surface area contributed by atoms with E-state index in [0.717, 1.165) is 25.7 Å². The topological polar surface area (TPSA) is 154 Å². The Morgan fingerprint density at radius 1 is 0.533 bits per heavy atom. The molecule has 12 heteroatoms. The molecular formula is C33H48N6O6. The zero-order valence-corrected chi connectivity index (χ0v) is 26.9. The summed E-state index contributed by atoms with van der Waals surface area (Å²) in [4.78, 5) is 87.8. The van der Waals surface area contributed by atoms with E-state index < -0.39 is 23.1 Å². The fraction of sp³-hybridized carbons (Fsp3) is 0.818. The van der Waals surface area contributed by atoms with Gasteiger partial charge >= 0.3 is 17.1 Å². The van der Waals surface area contributed by atoms with Crippen LogP contribution in [0.1, 0.15) is 135 Å². The summed E-state index contributed by atoms with van der Waals surface area (Å²) in [6, 6.07) is -1.60. The minimum atomic E-state index is -0.555. The molecule has 1 aromatic heterocycles. The van der Waals surface area contributed by atoms with Gasteiger partial charge in [0.1, 0.15) is 0 Å². The molecule has 0 spiro atoms. The molecule has 3 aliphatic rings. The van der Waals surface area contributed by atoms with Crippen molar-refractivity contribution in [2.24, 2.45) is 32.7 Å². The van der Waals surface area contributed by atoms with Gasteiger partial charge < -0.3 is 0 Å². The standard InChI is InChI=1S/C33H48N6O6/c1-4-28(34-19-40)22-10-14-25(15-11-22)37-31(43)38(26-16-12-23(13-17-26)29(5-2)35-20-41)33(45)39(32(37)44)27-9-7-8-24(18-27)30(6-3)36-21-42/h22-30H,4-18H2,1-3H3. The molecule has 0 aliphatic heterocycles. The fourth-order valence-corrected chi connectivity index (χ4v) is 8.60. The SMILES string of the molecule is CCC(N=C=O)C1CCC(n2c(=O)n(C3CCC(C(CC)N=C=O)CC3)c(=O)n(C3CCCC(C(CC)N=C=O)C3)c2=O)CC1. The maximum atomic E-state index is 14.3. The average Bonchev–Trinajstić information content (AvgIpc) is 3.06. The van der Waals surface area contributed by atoms with Gasteiger partial charge in [0.25, 0.3) is 0 Å². The Labute approximate surface area is 263 Å². The summed E-state index contributed by atoms with van der Waals surface area (Å²) in [6.45, 7) is 5.94. The number of nitrogens with zero attached hydrogens (tertiary/aromatic N) is 6. The minimum Gasteiger partial charge on any atom is -0.247 e. The van der Waals surface area contributed by atoms with E-state index in [0.29, 0.717) is 70.6 Å². The summed E-state index contributed by atoms with van der Waals surface area (Å²) >= 11 is 0. The molecule has 3 saturated carbocycles. The molecule has 246 valence electrons. The first kappa shape index (κ1) is 34.4. The first-order valence-electron chi connectivity index (χ1n) is 17.0. The number of hydrogen-bond acceptors (Lipinski definition) is 9. The van der Waals surface area contributed by atoms with Crippen LogP contribution in [-0.2, 0) is 14.4 Å². The van der Waals surface area contributed by atoms with E-state index in [2.05, 4.69) is 15.0 Å². The van der Waals surface area contributed by atoms with Crippen LogP contribution in [0.5, 0.6) is 0 Å². The van der Waals surface area contributed by atoms with E-state index in [1.807, 2.05) is 20.8 Å². The van der Waals surface area contributed by atoms with Crippen molar-refractivity contribution in [1.82, 2.24) is 13.7 Å². The van der Waals surface area contributed by atoms with Gasteiger partial charge in [-0.3, -0.25) is 0 Å². The van der Waals surface area contributed by atoms with Crippen molar-refractivity contribution < 1.29 is 14.4 Å². The van der Waals surface area contributed by atoms with Gasteiger partial charge in [0, 0.05) is 18.1 Å². The zero-order chi connectivity index (χ0) is 32.5. The van der Waals surface area contributed by atoms with Crippen LogP contribution in [0.3, 0.4) is 0 Å². The molecule has 3 fully saturated rings. The van der Waals surface area contributed by atoms with Gasteiger partial charge in [-0.15, -0.1) is 0 Å². The smallest absolute Gasteiger partial charge is 0.247 e. The van der Waals surface area contributed by atoms with Gasteiger partial charge in [0.15, 0.2) is 0 Å². The Balaban J connectivity index is 1.74. The third kappa shape index (κ3) is 7.51. The van der Waals surface area contributed by atoms with Crippen LogP contribution < -0.4 is 17.1 Å². The van der Waals surface area contributed by atoms with Crippen molar-refractivity contribution in [2.75, 3.05) is 0 Å². The number of carbonyl (C=O) groups excluding carboxylic acids is 3. The van der Waals surface area contributed by atoms with Crippen LogP contribution in [0, 0.1) is 17.8 Å². The predicted octanol–water partition coefficient (Wildman–Crippen LogP) is 4.71. The Morgan fingerprint density at radius 2 is 0.889 bits per heavy atom. The van der Waals surface area contributed by atoms with Crippen LogP contribution in [0.15, 0.2) is 29.4 Å². The van der Waals surface area contributed by atoms with E-state index in [1.165, 1.54) is 13.7 Å². The van der Waals surface area contributed by atoms with Gasteiger partial charge in [0.05, 0.1) is 18.1 Å². The van der Waals surface area contributed by atoms with Gasteiger partial charge in [-0.1, -0.05) is 27.2 Å². The normalized spacial score (nSPS) is 28.9. The maximum Gasteiger partial charge on any atom is 0.336 e. The van der Waals surface area contributed by atoms with Crippen LogP contribution >= 0.6 is 0 Å². The Kier molecular flexibility index (Phi) is 12.4. The van der Waals surface area contributed by atoms with E-state index in [1.54, 1.807) is 18.2 Å². The zero-order valence-electron chi connectivity index (χ0n) is 26.9. The highest BCUT2D eigenvalue weighted by Gasteiger charge is 2.36. The van der Waals surface area contributed by atoms with Gasteiger partial charge in [-0.25, -0.2) is 57.4 Å². The number of rotatable bonds is 12. The summed E-state index contributed by atoms with van der Waals surface area (Å²) in [7, 11) is 0. The number of aromatic nitrogens is 3. The summed E-state index contributed by atoms with van der Waals surface area (Å²) in [5.41, 5.74) is -1.66. The van der Waals surface area contributed by atoms with Crippen LogP contribution in [0.25, 0.3) is 0 Å². The van der Waals surface area contributed by atoms with Crippen LogP contribution in [0.2, 0.25) is 0 Å². The van der Waals surface area contributed by atoms with Crippen molar-refractivity contribution in [2.45, 2.75) is 153 Å². The van der Waals surface area contributed by atoms with Gasteiger partial charge in [-0.2, -0.15) is 0 Å². The number of isocyanates is 3. The summed E-state index contributed by atoms with van der Waals surface area (Å²) in [5.74, 6) is 0.390. The van der Waals surface area contributed by atoms with Crippen LogP contribution in [0.4, 0.5) is 0 Å². The lowest BCUT2D eigenvalue weighted by atomic mass is 9.80. The molecule has 0 radical (unpaired) electrons. The quantitative estimate of drug-likeness (QED) is 0.242. The highest BCUT2D eigenvalue weighted by Crippen LogP contribution is 2.38. The lowest BCUT2D eigenvalue weighted by Gasteiger charge is -2.36. The Morgan fingerprint density at radius 3 is 1.24 bits per heavy atom. The van der Waals surface area contributed by atoms with Crippen molar-refractivity contribution in [3.8, 4) is 0 Å². The third-order valence-electron chi connectivity index (χ3n) is 11.0. The summed E-state index contributed by atoms with van der Waals surface area (Å²) < 4.78 is 4.01. The molecule has 0 saturated heterocycles. The second kappa shape index (κ2) is 16.2. The first-order chi connectivity index (χ1) is 21.8. The molecule has 5 atom stereocenters. The summed E-state index contributed by atoms with van der Waals surface area (Å²) in [6.07, 6.45) is 15.2. The molecule has 0 aromatic carbocycles. The Hall–Kier alpha value is -3.45. The van der Waals surface area contributed by atoms with Crippen molar-refractivity contribution >= 4 is 18.2 Å². The molecular weight excluding hydrogens is 576 g/mol. The molecule has 0 amide bonds. The van der Waals surface area contributed by atoms with E-state index in [-0.39, 0.29) is 48.0 Å². The second-order valence-electron chi connectivity index (χ2n) is 13.3. The fourth-order valence-electron chi connectivity index (χ4n) is 8.60. The molecule has 1 heterocycles.